The number of ether oxygens (including phenoxy) is 2. The van der Waals surface area contributed by atoms with Crippen molar-refractivity contribution >= 4 is 24.3 Å². The Bertz CT molecular complexity index is 503. The van der Waals surface area contributed by atoms with Crippen molar-refractivity contribution in [2.45, 2.75) is 18.9 Å². The molecule has 0 bridgehead atoms. The van der Waals surface area contributed by atoms with Gasteiger partial charge in [-0.05, 0) is 12.8 Å². The van der Waals surface area contributed by atoms with Gasteiger partial charge < -0.3 is 19.3 Å². The predicted octanol–water partition coefficient (Wildman–Crippen LogP) is 0.735. The second kappa shape index (κ2) is 7.60. The van der Waals surface area contributed by atoms with Crippen LogP contribution in [-0.2, 0) is 9.53 Å². The topological polar surface area (TPSA) is 67.8 Å². The van der Waals surface area contributed by atoms with E-state index in [0.29, 0.717) is 31.5 Å². The van der Waals surface area contributed by atoms with Crippen LogP contribution in [0.15, 0.2) is 12.3 Å². The molecule has 3 heterocycles. The number of methoxy groups -OCH3 is 1. The Morgan fingerprint density at radius 2 is 2.14 bits per heavy atom. The number of carbonyl (C=O) groups excluding carboxylic acids is 1. The second-order valence-corrected chi connectivity index (χ2v) is 5.21. The fourth-order valence-electron chi connectivity index (χ4n) is 2.70. The molecule has 1 unspecified atom stereocenters. The Balaban J connectivity index is 0.00000176. The Kier molecular flexibility index (Phi) is 5.79. The maximum Gasteiger partial charge on any atom is 0.251 e. The molecule has 2 aliphatic heterocycles. The Hall–Kier alpha value is -1.60. The first-order chi connectivity index (χ1) is 10.3. The summed E-state index contributed by atoms with van der Waals surface area (Å²) in [5.41, 5.74) is 0. The molecule has 0 N–H and O–H groups in total. The van der Waals surface area contributed by atoms with Crippen molar-refractivity contribution in [3.8, 4) is 5.88 Å². The van der Waals surface area contributed by atoms with Crippen molar-refractivity contribution in [2.24, 2.45) is 0 Å². The van der Waals surface area contributed by atoms with Gasteiger partial charge in [-0.2, -0.15) is 4.98 Å². The second-order valence-electron chi connectivity index (χ2n) is 5.21. The van der Waals surface area contributed by atoms with Crippen molar-refractivity contribution in [1.29, 1.82) is 0 Å². The van der Waals surface area contributed by atoms with E-state index in [-0.39, 0.29) is 24.4 Å². The lowest BCUT2D eigenvalue weighted by Crippen LogP contribution is -2.51. The molecular formula is C14H21ClN4O3. The number of piperazine rings is 1. The predicted molar refractivity (Wildman–Crippen MR) is 83.6 cm³/mol. The average molecular weight is 329 g/mol. The lowest BCUT2D eigenvalue weighted by Gasteiger charge is -2.35. The van der Waals surface area contributed by atoms with Crippen LogP contribution in [0.1, 0.15) is 12.8 Å². The van der Waals surface area contributed by atoms with E-state index >= 15 is 0 Å². The number of hydrogen-bond acceptors (Lipinski definition) is 6. The van der Waals surface area contributed by atoms with Crippen LogP contribution < -0.4 is 9.64 Å². The Labute approximate surface area is 136 Å². The molecule has 0 aromatic carbocycles. The maximum atomic E-state index is 12.3. The summed E-state index contributed by atoms with van der Waals surface area (Å²) in [6.07, 6.45) is 3.28. The summed E-state index contributed by atoms with van der Waals surface area (Å²) in [6.45, 7) is 3.52. The molecule has 1 aromatic rings. The number of amides is 1. The van der Waals surface area contributed by atoms with Gasteiger partial charge in [0.2, 0.25) is 11.8 Å². The first-order valence-corrected chi connectivity index (χ1v) is 7.30. The van der Waals surface area contributed by atoms with Crippen LogP contribution in [0.4, 0.5) is 5.95 Å². The summed E-state index contributed by atoms with van der Waals surface area (Å²) in [6, 6.07) is 1.72. The quantitative estimate of drug-likeness (QED) is 0.815. The van der Waals surface area contributed by atoms with Gasteiger partial charge in [-0.25, -0.2) is 4.98 Å². The molecule has 7 nitrogen and oxygen atoms in total. The van der Waals surface area contributed by atoms with Crippen molar-refractivity contribution in [1.82, 2.24) is 14.9 Å². The highest BCUT2D eigenvalue weighted by Gasteiger charge is 2.30. The molecule has 1 amide bonds. The monoisotopic (exact) mass is 328 g/mol. The van der Waals surface area contributed by atoms with Gasteiger partial charge in [0.25, 0.3) is 5.91 Å². The van der Waals surface area contributed by atoms with Crippen LogP contribution in [0.25, 0.3) is 0 Å². The molecule has 0 aliphatic carbocycles. The number of anilines is 1. The average Bonchev–Trinajstić information content (AvgIpc) is 3.09. The zero-order chi connectivity index (χ0) is 14.7. The molecular weight excluding hydrogens is 308 g/mol. The SMILES string of the molecule is COc1ccnc(N2CCN(C(=O)C3CCCO3)CC2)n1.Cl. The fraction of sp³-hybridized carbons (Fsp3) is 0.643. The van der Waals surface area contributed by atoms with Crippen LogP contribution >= 0.6 is 12.4 Å². The molecule has 3 rings (SSSR count). The van der Waals surface area contributed by atoms with E-state index in [2.05, 4.69) is 14.9 Å². The third-order valence-electron chi connectivity index (χ3n) is 3.91. The molecule has 1 aromatic heterocycles. The smallest absolute Gasteiger partial charge is 0.251 e. The molecule has 22 heavy (non-hydrogen) atoms. The van der Waals surface area contributed by atoms with Gasteiger partial charge >= 0.3 is 0 Å². The Morgan fingerprint density at radius 1 is 1.36 bits per heavy atom. The minimum Gasteiger partial charge on any atom is -0.481 e. The third-order valence-corrected chi connectivity index (χ3v) is 3.91. The molecule has 0 spiro atoms. The molecule has 2 saturated heterocycles. The van der Waals surface area contributed by atoms with Crippen molar-refractivity contribution in [3.05, 3.63) is 12.3 Å². The standard InChI is InChI=1S/C14H20N4O3.ClH/c1-20-12-4-5-15-14(16-12)18-8-6-17(7-9-18)13(19)11-3-2-10-21-11;/h4-5,11H,2-3,6-10H2,1H3;1H. The van der Waals surface area contributed by atoms with E-state index in [0.717, 1.165) is 25.9 Å². The minimum atomic E-state index is -0.232. The molecule has 1 atom stereocenters. The largest absolute Gasteiger partial charge is 0.481 e. The van der Waals surface area contributed by atoms with Crippen LogP contribution in [0, 0.1) is 0 Å². The Morgan fingerprint density at radius 3 is 2.77 bits per heavy atom. The summed E-state index contributed by atoms with van der Waals surface area (Å²) in [5, 5.41) is 0. The van der Waals surface area contributed by atoms with E-state index in [9.17, 15) is 4.79 Å². The molecule has 2 fully saturated rings. The first-order valence-electron chi connectivity index (χ1n) is 7.30. The lowest BCUT2D eigenvalue weighted by atomic mass is 10.2. The number of nitrogens with zero attached hydrogens (tertiary/aromatic N) is 4. The fourth-order valence-corrected chi connectivity index (χ4v) is 2.70. The maximum absolute atomic E-state index is 12.3. The van der Waals surface area contributed by atoms with Gasteiger partial charge in [0.1, 0.15) is 6.10 Å². The van der Waals surface area contributed by atoms with Gasteiger partial charge in [-0.3, -0.25) is 4.79 Å². The molecule has 122 valence electrons. The van der Waals surface area contributed by atoms with Gasteiger partial charge in [-0.15, -0.1) is 12.4 Å². The zero-order valence-electron chi connectivity index (χ0n) is 12.6. The number of rotatable bonds is 3. The van der Waals surface area contributed by atoms with Crippen LogP contribution in [0.5, 0.6) is 5.88 Å². The zero-order valence-corrected chi connectivity index (χ0v) is 13.4. The van der Waals surface area contributed by atoms with Gasteiger partial charge in [-0.1, -0.05) is 0 Å². The number of aromatic nitrogens is 2. The van der Waals surface area contributed by atoms with Crippen molar-refractivity contribution < 1.29 is 14.3 Å². The van der Waals surface area contributed by atoms with Gasteiger partial charge in [0.15, 0.2) is 0 Å². The van der Waals surface area contributed by atoms with Gasteiger partial charge in [0, 0.05) is 45.0 Å². The highest BCUT2D eigenvalue weighted by Crippen LogP contribution is 2.18. The van der Waals surface area contributed by atoms with E-state index in [1.165, 1.54) is 0 Å². The summed E-state index contributed by atoms with van der Waals surface area (Å²) >= 11 is 0. The summed E-state index contributed by atoms with van der Waals surface area (Å²) in [4.78, 5) is 24.8. The number of halogens is 1. The summed E-state index contributed by atoms with van der Waals surface area (Å²) < 4.78 is 10.6. The van der Waals surface area contributed by atoms with Crippen molar-refractivity contribution in [3.63, 3.8) is 0 Å². The summed E-state index contributed by atoms with van der Waals surface area (Å²) in [5.74, 6) is 1.33. The van der Waals surface area contributed by atoms with Crippen LogP contribution in [0.2, 0.25) is 0 Å². The molecule has 8 heteroatoms. The van der Waals surface area contributed by atoms with Crippen LogP contribution in [-0.4, -0.2) is 66.8 Å². The molecule has 2 aliphatic rings. The third kappa shape index (κ3) is 3.59. The van der Waals surface area contributed by atoms with E-state index in [1.807, 2.05) is 4.90 Å². The molecule has 0 radical (unpaired) electrons. The number of carbonyl (C=O) groups is 1. The first kappa shape index (κ1) is 16.8. The van der Waals surface area contributed by atoms with E-state index in [4.69, 9.17) is 9.47 Å². The van der Waals surface area contributed by atoms with Gasteiger partial charge in [0.05, 0.1) is 7.11 Å². The highest BCUT2D eigenvalue weighted by molar-refractivity contribution is 5.85. The number of hydrogen-bond donors (Lipinski definition) is 0. The van der Waals surface area contributed by atoms with Crippen molar-refractivity contribution in [2.75, 3.05) is 44.8 Å². The normalized spacial score (nSPS) is 21.4. The highest BCUT2D eigenvalue weighted by atomic mass is 35.5. The summed E-state index contributed by atoms with van der Waals surface area (Å²) in [7, 11) is 1.59. The molecule has 0 saturated carbocycles. The lowest BCUT2D eigenvalue weighted by molar-refractivity contribution is -0.141. The van der Waals surface area contributed by atoms with E-state index in [1.54, 1.807) is 19.4 Å². The van der Waals surface area contributed by atoms with Crippen LogP contribution in [0.3, 0.4) is 0 Å². The minimum absolute atomic E-state index is 0. The van der Waals surface area contributed by atoms with E-state index < -0.39 is 0 Å².